The molecule has 0 unspecified atom stereocenters. The number of pyridine rings is 1. The monoisotopic (exact) mass is 976 g/mol. The van der Waals surface area contributed by atoms with Gasteiger partial charge in [-0.2, -0.15) is 4.98 Å². The number of benzene rings is 3. The highest BCUT2D eigenvalue weighted by Crippen LogP contribution is 2.54. The minimum Gasteiger partial charge on any atom is -0.468 e. The number of rotatable bonds is 12. The first kappa shape index (κ1) is 46.5. The van der Waals surface area contributed by atoms with Gasteiger partial charge in [0.15, 0.2) is 0 Å². The van der Waals surface area contributed by atoms with E-state index in [1.807, 2.05) is 24.3 Å². The molecule has 2 aromatic heterocycles. The van der Waals surface area contributed by atoms with Gasteiger partial charge in [0.2, 0.25) is 5.88 Å². The van der Waals surface area contributed by atoms with Gasteiger partial charge in [-0.25, -0.2) is 13.1 Å². The van der Waals surface area contributed by atoms with Crippen molar-refractivity contribution in [2.45, 2.75) is 87.1 Å². The maximum Gasteiger partial charge on any atom is 0.293 e. The molecule has 4 atom stereocenters. The van der Waals surface area contributed by atoms with Crippen LogP contribution in [0.15, 0.2) is 83.9 Å². The first-order valence-corrected chi connectivity index (χ1v) is 26.0. The molecule has 70 heavy (non-hydrogen) atoms. The Labute approximate surface area is 407 Å². The summed E-state index contributed by atoms with van der Waals surface area (Å²) in [6.45, 7) is 10.7. The Kier molecular flexibility index (Phi) is 12.7. The predicted molar refractivity (Wildman–Crippen MR) is 263 cm³/mol. The highest BCUT2D eigenvalue weighted by Gasteiger charge is 2.50. The third-order valence-corrected chi connectivity index (χ3v) is 16.7. The van der Waals surface area contributed by atoms with E-state index in [9.17, 15) is 23.3 Å². The molecule has 7 heterocycles. The van der Waals surface area contributed by atoms with Crippen LogP contribution in [0.5, 0.6) is 5.88 Å². The van der Waals surface area contributed by atoms with Crippen LogP contribution >= 0.6 is 0 Å². The summed E-state index contributed by atoms with van der Waals surface area (Å²) in [5.41, 5.74) is 5.45. The van der Waals surface area contributed by atoms with Crippen molar-refractivity contribution in [2.75, 3.05) is 87.5 Å². The lowest BCUT2D eigenvalue weighted by Gasteiger charge is -2.57. The fourth-order valence-electron chi connectivity index (χ4n) is 11.6. The van der Waals surface area contributed by atoms with Crippen molar-refractivity contribution < 1.29 is 41.8 Å². The Morgan fingerprint density at radius 1 is 0.929 bits per heavy atom. The van der Waals surface area contributed by atoms with Crippen molar-refractivity contribution in [1.82, 2.24) is 19.6 Å². The van der Waals surface area contributed by atoms with Crippen molar-refractivity contribution in [3.8, 4) is 5.88 Å². The number of nitrogens with one attached hydrogen (secondary N) is 3. The van der Waals surface area contributed by atoms with Crippen LogP contribution in [0, 0.1) is 15.5 Å². The zero-order valence-corrected chi connectivity index (χ0v) is 40.3. The van der Waals surface area contributed by atoms with Gasteiger partial charge in [-0.15, -0.1) is 0 Å². The zero-order valence-electron chi connectivity index (χ0n) is 39.5. The standard InChI is InChI=1S/C51H60N8O10S/c1-32(2)38-5-3-4-6-39(38)46-30-66-20-18-57(46)35-26-51(27-35)13-16-56(17-14-51)34-7-9-40(43(24-34)58-42-12-19-65-31-47(42)69-50-45(58)23-33-11-15-52-48(33)54-50)49(60)55-70(63,64)37-8-10-41(44(25-37)59(61)62)53-28-36-29-67-21-22-68-36/h3-11,15,23-25,32,35-36,42,46-47,53H,12-14,16-22,26-31H2,1-2H3,(H,52,54)(H,55,60)/t36-,42-,46-,47-/m0/s1. The lowest BCUT2D eigenvalue weighted by Crippen LogP contribution is -2.58. The SMILES string of the molecule is CC(C)c1ccccc1[C@@H]1COCCN1C1CC2(CCN(c3ccc(C(=O)NS(=O)(=O)c4ccc(NC[C@H]5COCCO5)c([N+](=O)[O-])c4)c(N4c5cc6cc[nH]c6nc5O[C@H]5COCC[C@@H]54)c3)CC2)C1. The number of hydrogen-bond donors (Lipinski definition) is 3. The van der Waals surface area contributed by atoms with E-state index in [1.54, 1.807) is 12.3 Å². The molecule has 0 radical (unpaired) electrons. The Balaban J connectivity index is 0.873. The highest BCUT2D eigenvalue weighted by molar-refractivity contribution is 7.90. The topological polar surface area (TPSA) is 203 Å². The fourth-order valence-corrected chi connectivity index (χ4v) is 12.6. The smallest absolute Gasteiger partial charge is 0.293 e. The average molecular weight is 977 g/mol. The van der Waals surface area contributed by atoms with Gasteiger partial charge >= 0.3 is 0 Å². The number of piperidine rings is 1. The Hall–Kier alpha value is -5.83. The van der Waals surface area contributed by atoms with E-state index in [0.717, 1.165) is 69.1 Å². The van der Waals surface area contributed by atoms with Crippen LogP contribution in [0.1, 0.15) is 79.4 Å². The van der Waals surface area contributed by atoms with Crippen LogP contribution in [0.25, 0.3) is 11.0 Å². The van der Waals surface area contributed by atoms with Crippen LogP contribution in [0.2, 0.25) is 0 Å². The van der Waals surface area contributed by atoms with E-state index in [-0.39, 0.29) is 41.4 Å². The van der Waals surface area contributed by atoms with Crippen LogP contribution in [0.3, 0.4) is 0 Å². The van der Waals surface area contributed by atoms with Crippen LogP contribution in [0.4, 0.5) is 28.4 Å². The molecule has 3 N–H and O–H groups in total. The molecule has 1 aliphatic carbocycles. The summed E-state index contributed by atoms with van der Waals surface area (Å²) in [6.07, 6.45) is 5.96. The Morgan fingerprint density at radius 2 is 1.74 bits per heavy atom. The lowest BCUT2D eigenvalue weighted by molar-refractivity contribution is -0.384. The summed E-state index contributed by atoms with van der Waals surface area (Å²) >= 11 is 0. The first-order valence-electron chi connectivity index (χ1n) is 24.6. The molecule has 19 heteroatoms. The van der Waals surface area contributed by atoms with E-state index < -0.39 is 37.5 Å². The zero-order chi connectivity index (χ0) is 48.1. The number of H-pyrrole nitrogens is 1. The number of nitro groups is 1. The molecule has 1 saturated carbocycles. The number of carbonyl (C=O) groups excluding carboxylic acids is 1. The molecule has 1 amide bonds. The molecular weight excluding hydrogens is 917 g/mol. The van der Waals surface area contributed by atoms with Crippen molar-refractivity contribution in [2.24, 2.45) is 5.41 Å². The number of aromatic nitrogens is 2. The third kappa shape index (κ3) is 8.96. The van der Waals surface area contributed by atoms with Crippen molar-refractivity contribution >= 4 is 55.4 Å². The summed E-state index contributed by atoms with van der Waals surface area (Å²) in [4.78, 5) is 41.0. The molecule has 5 aromatic rings. The summed E-state index contributed by atoms with van der Waals surface area (Å²) in [6, 6.07) is 22.3. The maximum atomic E-state index is 14.7. The molecule has 370 valence electrons. The average Bonchev–Trinajstić information content (AvgIpc) is 3.83. The summed E-state index contributed by atoms with van der Waals surface area (Å²) in [7, 11) is -4.62. The van der Waals surface area contributed by atoms with Crippen molar-refractivity contribution in [3.05, 3.63) is 106 Å². The van der Waals surface area contributed by atoms with E-state index in [4.69, 9.17) is 28.7 Å². The number of nitro benzene ring substituents is 1. The molecular formula is C51H60N8O10S. The molecule has 0 bridgehead atoms. The second-order valence-electron chi connectivity index (χ2n) is 19.9. The van der Waals surface area contributed by atoms with Gasteiger partial charge in [-0.3, -0.25) is 19.8 Å². The number of aromatic amines is 1. The molecule has 1 spiro atoms. The van der Waals surface area contributed by atoms with Crippen molar-refractivity contribution in [3.63, 3.8) is 0 Å². The number of amides is 1. The number of sulfonamides is 1. The number of nitrogens with zero attached hydrogens (tertiary/aromatic N) is 5. The molecule has 6 aliphatic rings. The molecule has 11 rings (SSSR count). The van der Waals surface area contributed by atoms with E-state index >= 15 is 0 Å². The van der Waals surface area contributed by atoms with Crippen molar-refractivity contribution in [1.29, 1.82) is 0 Å². The molecule has 5 fully saturated rings. The van der Waals surface area contributed by atoms with Crippen LogP contribution in [-0.2, 0) is 29.0 Å². The number of anilines is 4. The van der Waals surface area contributed by atoms with Crippen LogP contribution in [-0.4, -0.2) is 131 Å². The number of hydrogen-bond acceptors (Lipinski definition) is 15. The Bertz CT molecular complexity index is 2870. The summed E-state index contributed by atoms with van der Waals surface area (Å²) in [5, 5.41) is 16.1. The van der Waals surface area contributed by atoms with Gasteiger partial charge < -0.3 is 43.8 Å². The van der Waals surface area contributed by atoms with Crippen LogP contribution < -0.4 is 24.6 Å². The van der Waals surface area contributed by atoms with E-state index in [2.05, 4.69) is 67.8 Å². The predicted octanol–water partition coefficient (Wildman–Crippen LogP) is 7.05. The first-order chi connectivity index (χ1) is 33.9. The van der Waals surface area contributed by atoms with E-state index in [0.29, 0.717) is 80.9 Å². The van der Waals surface area contributed by atoms with Gasteiger partial charge in [0.1, 0.15) is 23.1 Å². The molecule has 4 saturated heterocycles. The molecule has 18 nitrogen and oxygen atoms in total. The van der Waals surface area contributed by atoms with Gasteiger partial charge in [-0.05, 0) is 97.0 Å². The Morgan fingerprint density at radius 3 is 2.54 bits per heavy atom. The molecule has 5 aliphatic heterocycles. The minimum atomic E-state index is -4.62. The lowest BCUT2D eigenvalue weighted by atomic mass is 9.59. The van der Waals surface area contributed by atoms with Gasteiger partial charge in [-0.1, -0.05) is 38.1 Å². The normalized spacial score (nSPS) is 23.9. The largest absolute Gasteiger partial charge is 0.468 e. The third-order valence-electron chi connectivity index (χ3n) is 15.3. The number of ether oxygens (including phenoxy) is 5. The summed E-state index contributed by atoms with van der Waals surface area (Å²) < 4.78 is 60.1. The van der Waals surface area contributed by atoms with Gasteiger partial charge in [0.05, 0.1) is 78.9 Å². The van der Waals surface area contributed by atoms with Gasteiger partial charge in [0, 0.05) is 62.2 Å². The second-order valence-corrected chi connectivity index (χ2v) is 21.5. The maximum absolute atomic E-state index is 14.7. The fraction of sp³-hybridized carbons (Fsp3) is 0.490. The number of fused-ring (bicyclic) bond motifs is 3. The van der Waals surface area contributed by atoms with E-state index in [1.165, 1.54) is 23.3 Å². The highest BCUT2D eigenvalue weighted by atomic mass is 32.2. The second kappa shape index (κ2) is 19.1. The minimum absolute atomic E-state index is 0.108. The van der Waals surface area contributed by atoms with Gasteiger partial charge in [0.25, 0.3) is 21.6 Å². The summed E-state index contributed by atoms with van der Waals surface area (Å²) in [5.74, 6) is -0.0915. The quantitative estimate of drug-likeness (QED) is 0.0847. The number of morpholine rings is 1. The number of carbonyl (C=O) groups is 1. The molecule has 3 aromatic carbocycles.